The molecule has 1 aromatic heterocycles. The van der Waals surface area contributed by atoms with Gasteiger partial charge in [0.05, 0.1) is 12.0 Å². The first kappa shape index (κ1) is 17.1. The number of aromatic nitrogens is 2. The van der Waals surface area contributed by atoms with Crippen molar-refractivity contribution < 1.29 is 9.53 Å². The van der Waals surface area contributed by atoms with Crippen LogP contribution in [0.25, 0.3) is 5.70 Å². The number of anilines is 1. The van der Waals surface area contributed by atoms with Crippen molar-refractivity contribution in [3.63, 3.8) is 0 Å². The van der Waals surface area contributed by atoms with Gasteiger partial charge in [0.1, 0.15) is 5.75 Å². The molecule has 0 spiro atoms. The molecule has 5 nitrogen and oxygen atoms in total. The number of hydrogen-bond donors (Lipinski definition) is 1. The summed E-state index contributed by atoms with van der Waals surface area (Å²) in [7, 11) is 0. The van der Waals surface area contributed by atoms with Crippen molar-refractivity contribution in [2.45, 2.75) is 19.3 Å². The number of fused-ring (bicyclic) bond motifs is 1. The molecule has 0 saturated carbocycles. The van der Waals surface area contributed by atoms with Crippen molar-refractivity contribution in [3.05, 3.63) is 84.5 Å². The van der Waals surface area contributed by atoms with Gasteiger partial charge in [-0.1, -0.05) is 24.8 Å². The number of para-hydroxylation sites is 1. The van der Waals surface area contributed by atoms with Crippen LogP contribution >= 0.6 is 0 Å². The van der Waals surface area contributed by atoms with Gasteiger partial charge in [-0.25, -0.2) is 4.98 Å². The predicted molar refractivity (Wildman–Crippen MR) is 106 cm³/mol. The zero-order chi connectivity index (χ0) is 18.6. The van der Waals surface area contributed by atoms with E-state index in [-0.39, 0.29) is 12.5 Å². The van der Waals surface area contributed by atoms with Crippen LogP contribution in [0.3, 0.4) is 0 Å². The first-order valence-electron chi connectivity index (χ1n) is 9.02. The van der Waals surface area contributed by atoms with Gasteiger partial charge in [0.2, 0.25) is 0 Å². The Bertz CT molecular complexity index is 977. The highest BCUT2D eigenvalue weighted by molar-refractivity contribution is 5.92. The molecule has 136 valence electrons. The van der Waals surface area contributed by atoms with Gasteiger partial charge < -0.3 is 14.6 Å². The van der Waals surface area contributed by atoms with Crippen LogP contribution in [0.15, 0.2) is 67.8 Å². The van der Waals surface area contributed by atoms with E-state index >= 15 is 0 Å². The fraction of sp³-hybridized carbons (Fsp3) is 0.182. The van der Waals surface area contributed by atoms with E-state index in [0.29, 0.717) is 5.75 Å². The Morgan fingerprint density at radius 1 is 1.19 bits per heavy atom. The molecule has 1 N–H and O–H groups in total. The molecule has 0 atom stereocenters. The van der Waals surface area contributed by atoms with Gasteiger partial charge >= 0.3 is 0 Å². The number of nitrogens with zero attached hydrogens (tertiary/aromatic N) is 2. The summed E-state index contributed by atoms with van der Waals surface area (Å²) in [5.74, 6) is 0.427. The highest BCUT2D eigenvalue weighted by atomic mass is 16.5. The lowest BCUT2D eigenvalue weighted by Crippen LogP contribution is -2.20. The molecule has 0 unspecified atom stereocenters. The van der Waals surface area contributed by atoms with Gasteiger partial charge in [-0.15, -0.1) is 0 Å². The molecule has 0 fully saturated rings. The van der Waals surface area contributed by atoms with Gasteiger partial charge in [0.15, 0.2) is 6.61 Å². The number of imidazole rings is 1. The molecule has 1 aliphatic carbocycles. The van der Waals surface area contributed by atoms with E-state index in [0.717, 1.165) is 29.8 Å². The number of carbonyl (C=O) groups is 1. The maximum absolute atomic E-state index is 12.3. The van der Waals surface area contributed by atoms with Crippen molar-refractivity contribution in [1.82, 2.24) is 9.55 Å². The Morgan fingerprint density at radius 3 is 2.89 bits per heavy atom. The highest BCUT2D eigenvalue weighted by Gasteiger charge is 2.13. The Kier molecular flexibility index (Phi) is 4.75. The minimum absolute atomic E-state index is 0.0642. The molecule has 4 rings (SSSR count). The van der Waals surface area contributed by atoms with Gasteiger partial charge in [-0.05, 0) is 54.7 Å². The first-order chi connectivity index (χ1) is 13.2. The molecule has 0 radical (unpaired) electrons. The van der Waals surface area contributed by atoms with Crippen molar-refractivity contribution in [2.24, 2.45) is 0 Å². The number of benzene rings is 2. The van der Waals surface area contributed by atoms with Gasteiger partial charge in [-0.2, -0.15) is 0 Å². The number of ether oxygens (including phenoxy) is 1. The zero-order valence-corrected chi connectivity index (χ0v) is 15.0. The van der Waals surface area contributed by atoms with Crippen LogP contribution in [0, 0.1) is 0 Å². The van der Waals surface area contributed by atoms with E-state index in [1.165, 1.54) is 17.5 Å². The lowest BCUT2D eigenvalue weighted by molar-refractivity contribution is -0.118. The van der Waals surface area contributed by atoms with Gasteiger partial charge in [0.25, 0.3) is 5.91 Å². The summed E-state index contributed by atoms with van der Waals surface area (Å²) in [5.41, 5.74) is 5.09. The first-order valence-corrected chi connectivity index (χ1v) is 9.02. The number of amides is 1. The van der Waals surface area contributed by atoms with Crippen molar-refractivity contribution >= 4 is 17.3 Å². The number of rotatable bonds is 6. The van der Waals surface area contributed by atoms with Crippen molar-refractivity contribution in [3.8, 4) is 5.75 Å². The van der Waals surface area contributed by atoms with Crippen LogP contribution < -0.4 is 10.1 Å². The summed E-state index contributed by atoms with van der Waals surface area (Å²) in [6.07, 6.45) is 8.59. The zero-order valence-electron chi connectivity index (χ0n) is 15.0. The van der Waals surface area contributed by atoms with Crippen LogP contribution in [0.5, 0.6) is 5.75 Å². The Hall–Kier alpha value is -3.34. The highest BCUT2D eigenvalue weighted by Crippen LogP contribution is 2.27. The van der Waals surface area contributed by atoms with Crippen LogP contribution in [-0.2, 0) is 17.6 Å². The van der Waals surface area contributed by atoms with E-state index in [2.05, 4.69) is 29.0 Å². The fourth-order valence-electron chi connectivity index (χ4n) is 3.38. The molecule has 5 heteroatoms. The van der Waals surface area contributed by atoms with Gasteiger partial charge in [-0.3, -0.25) is 4.79 Å². The van der Waals surface area contributed by atoms with Crippen LogP contribution in [0.1, 0.15) is 23.1 Å². The van der Waals surface area contributed by atoms with E-state index in [4.69, 9.17) is 4.74 Å². The molecule has 3 aromatic rings. The maximum atomic E-state index is 12.3. The lowest BCUT2D eigenvalue weighted by Gasteiger charge is -2.14. The molecule has 27 heavy (non-hydrogen) atoms. The maximum Gasteiger partial charge on any atom is 0.262 e. The second-order valence-electron chi connectivity index (χ2n) is 6.59. The number of carbonyl (C=O) groups excluding carboxylic acids is 1. The van der Waals surface area contributed by atoms with Gasteiger partial charge in [0, 0.05) is 23.6 Å². The monoisotopic (exact) mass is 359 g/mol. The summed E-state index contributed by atoms with van der Waals surface area (Å²) < 4.78 is 7.59. The van der Waals surface area contributed by atoms with Crippen LogP contribution in [0.2, 0.25) is 0 Å². The number of aryl methyl sites for hydroxylation is 2. The summed E-state index contributed by atoms with van der Waals surface area (Å²) in [5, 5.41) is 2.92. The Balaban J connectivity index is 1.41. The SMILES string of the molecule is C=C(c1ccccc1OCC(=O)Nc1ccc2c(c1)CCC2)n1ccnc1. The van der Waals surface area contributed by atoms with E-state index in [1.807, 2.05) is 41.1 Å². The molecule has 0 aliphatic heterocycles. The quantitative estimate of drug-likeness (QED) is 0.726. The largest absolute Gasteiger partial charge is 0.483 e. The second kappa shape index (κ2) is 7.50. The Labute approximate surface area is 158 Å². The van der Waals surface area contributed by atoms with Crippen LogP contribution in [0.4, 0.5) is 5.69 Å². The minimum Gasteiger partial charge on any atom is -0.483 e. The third-order valence-corrected chi connectivity index (χ3v) is 4.76. The molecular formula is C22H21N3O2. The summed E-state index contributed by atoms with van der Waals surface area (Å²) in [4.78, 5) is 16.4. The second-order valence-corrected chi connectivity index (χ2v) is 6.59. The molecule has 1 aliphatic rings. The fourth-order valence-corrected chi connectivity index (χ4v) is 3.38. The normalized spacial score (nSPS) is 12.4. The number of hydrogen-bond acceptors (Lipinski definition) is 3. The predicted octanol–water partition coefficient (Wildman–Crippen LogP) is 3.91. The van der Waals surface area contributed by atoms with Crippen molar-refractivity contribution in [2.75, 3.05) is 11.9 Å². The van der Waals surface area contributed by atoms with E-state index in [9.17, 15) is 4.79 Å². The molecule has 0 saturated heterocycles. The summed E-state index contributed by atoms with van der Waals surface area (Å²) in [6.45, 7) is 4.03. The average molecular weight is 359 g/mol. The topological polar surface area (TPSA) is 56.1 Å². The smallest absolute Gasteiger partial charge is 0.262 e. The van der Waals surface area contributed by atoms with E-state index < -0.39 is 0 Å². The molecular weight excluding hydrogens is 338 g/mol. The van der Waals surface area contributed by atoms with Crippen LogP contribution in [-0.4, -0.2) is 22.1 Å². The molecule has 2 aromatic carbocycles. The molecule has 1 amide bonds. The third-order valence-electron chi connectivity index (χ3n) is 4.76. The minimum atomic E-state index is -0.184. The summed E-state index contributed by atoms with van der Waals surface area (Å²) in [6, 6.07) is 13.7. The summed E-state index contributed by atoms with van der Waals surface area (Å²) >= 11 is 0. The third kappa shape index (κ3) is 3.77. The Morgan fingerprint density at radius 2 is 2.04 bits per heavy atom. The standard InChI is InChI=1S/C22H21N3O2/c1-16(25-12-11-23-15-25)20-7-2-3-8-21(20)27-14-22(26)24-19-10-9-17-5-4-6-18(17)13-19/h2-3,7-13,15H,1,4-6,14H2,(H,24,26). The molecule has 0 bridgehead atoms. The molecule has 1 heterocycles. The van der Waals surface area contributed by atoms with Crippen molar-refractivity contribution in [1.29, 1.82) is 0 Å². The number of nitrogens with one attached hydrogen (secondary N) is 1. The lowest BCUT2D eigenvalue weighted by atomic mass is 10.1. The van der Waals surface area contributed by atoms with E-state index in [1.54, 1.807) is 12.5 Å². The average Bonchev–Trinajstić information content (AvgIpc) is 3.37.